The molecule has 76 valence electrons. The second kappa shape index (κ2) is 4.80. The molecular formula is C11H14BrNO. The maximum atomic E-state index is 5.66. The summed E-state index contributed by atoms with van der Waals surface area (Å²) in [5.41, 5.74) is 0. The van der Waals surface area contributed by atoms with Crippen LogP contribution in [0.4, 0.5) is 0 Å². The van der Waals surface area contributed by atoms with Gasteiger partial charge < -0.3 is 10.1 Å². The summed E-state index contributed by atoms with van der Waals surface area (Å²) in [6.45, 7) is 1.91. The Bertz CT molecular complexity index is 280. The SMILES string of the molecule is Brc1ccc(OCC2CCCN2)cc1. The second-order valence-electron chi connectivity index (χ2n) is 3.56. The normalized spacial score (nSPS) is 21.1. The van der Waals surface area contributed by atoms with Crippen molar-refractivity contribution in [3.63, 3.8) is 0 Å². The average Bonchev–Trinajstić information content (AvgIpc) is 2.70. The topological polar surface area (TPSA) is 21.3 Å². The average molecular weight is 256 g/mol. The van der Waals surface area contributed by atoms with Gasteiger partial charge in [-0.3, -0.25) is 0 Å². The fourth-order valence-corrected chi connectivity index (χ4v) is 1.89. The molecule has 0 aliphatic carbocycles. The number of rotatable bonds is 3. The molecule has 0 radical (unpaired) electrons. The standard InChI is InChI=1S/C11H14BrNO/c12-9-3-5-11(6-4-9)14-8-10-2-1-7-13-10/h3-6,10,13H,1-2,7-8H2. The van der Waals surface area contributed by atoms with E-state index in [0.717, 1.165) is 23.4 Å². The van der Waals surface area contributed by atoms with Gasteiger partial charge in [-0.2, -0.15) is 0 Å². The van der Waals surface area contributed by atoms with Crippen LogP contribution in [-0.4, -0.2) is 19.2 Å². The van der Waals surface area contributed by atoms with E-state index < -0.39 is 0 Å². The number of nitrogens with one attached hydrogen (secondary N) is 1. The lowest BCUT2D eigenvalue weighted by atomic mass is 10.2. The summed E-state index contributed by atoms with van der Waals surface area (Å²) in [6, 6.07) is 8.51. The van der Waals surface area contributed by atoms with Gasteiger partial charge in [0.1, 0.15) is 12.4 Å². The van der Waals surface area contributed by atoms with Gasteiger partial charge in [0.2, 0.25) is 0 Å². The molecule has 1 unspecified atom stereocenters. The number of hydrogen-bond acceptors (Lipinski definition) is 2. The molecule has 1 fully saturated rings. The first kappa shape index (κ1) is 9.99. The van der Waals surface area contributed by atoms with Gasteiger partial charge in [-0.15, -0.1) is 0 Å². The van der Waals surface area contributed by atoms with Crippen LogP contribution >= 0.6 is 15.9 Å². The summed E-state index contributed by atoms with van der Waals surface area (Å²) in [5.74, 6) is 0.946. The highest BCUT2D eigenvalue weighted by Crippen LogP contribution is 2.17. The molecular weight excluding hydrogens is 242 g/mol. The van der Waals surface area contributed by atoms with Crippen molar-refractivity contribution < 1.29 is 4.74 Å². The van der Waals surface area contributed by atoms with E-state index in [9.17, 15) is 0 Å². The summed E-state index contributed by atoms with van der Waals surface area (Å²) in [5, 5.41) is 3.40. The summed E-state index contributed by atoms with van der Waals surface area (Å²) >= 11 is 3.39. The minimum absolute atomic E-state index is 0.540. The molecule has 1 aliphatic heterocycles. The van der Waals surface area contributed by atoms with E-state index in [4.69, 9.17) is 4.74 Å². The molecule has 0 saturated carbocycles. The fourth-order valence-electron chi connectivity index (χ4n) is 1.63. The molecule has 1 heterocycles. The quantitative estimate of drug-likeness (QED) is 0.897. The van der Waals surface area contributed by atoms with E-state index in [1.54, 1.807) is 0 Å². The van der Waals surface area contributed by atoms with Gasteiger partial charge in [0.15, 0.2) is 0 Å². The molecule has 1 aliphatic rings. The number of ether oxygens (including phenoxy) is 1. The Balaban J connectivity index is 1.82. The van der Waals surface area contributed by atoms with Crippen molar-refractivity contribution in [2.24, 2.45) is 0 Å². The fraction of sp³-hybridized carbons (Fsp3) is 0.455. The van der Waals surface area contributed by atoms with Crippen molar-refractivity contribution in [2.45, 2.75) is 18.9 Å². The predicted molar refractivity (Wildman–Crippen MR) is 60.7 cm³/mol. The van der Waals surface area contributed by atoms with Gasteiger partial charge in [0.25, 0.3) is 0 Å². The van der Waals surface area contributed by atoms with E-state index in [1.807, 2.05) is 24.3 Å². The largest absolute Gasteiger partial charge is 0.492 e. The Labute approximate surface area is 92.8 Å². The minimum atomic E-state index is 0.540. The van der Waals surface area contributed by atoms with Gasteiger partial charge in [0, 0.05) is 10.5 Å². The summed E-state index contributed by atoms with van der Waals surface area (Å²) < 4.78 is 6.75. The molecule has 1 atom stereocenters. The molecule has 2 nitrogen and oxygen atoms in total. The highest BCUT2D eigenvalue weighted by molar-refractivity contribution is 9.10. The van der Waals surface area contributed by atoms with Crippen molar-refractivity contribution in [3.8, 4) is 5.75 Å². The lowest BCUT2D eigenvalue weighted by Crippen LogP contribution is -2.28. The highest BCUT2D eigenvalue weighted by Gasteiger charge is 2.13. The van der Waals surface area contributed by atoms with Crippen molar-refractivity contribution in [2.75, 3.05) is 13.2 Å². The van der Waals surface area contributed by atoms with Crippen LogP contribution in [0.5, 0.6) is 5.75 Å². The van der Waals surface area contributed by atoms with E-state index in [0.29, 0.717) is 6.04 Å². The monoisotopic (exact) mass is 255 g/mol. The zero-order valence-corrected chi connectivity index (χ0v) is 9.59. The molecule has 14 heavy (non-hydrogen) atoms. The van der Waals surface area contributed by atoms with Gasteiger partial charge in [-0.05, 0) is 43.7 Å². The van der Waals surface area contributed by atoms with Gasteiger partial charge in [0.05, 0.1) is 0 Å². The molecule has 0 aromatic heterocycles. The molecule has 2 rings (SSSR count). The molecule has 1 N–H and O–H groups in total. The molecule has 1 aromatic carbocycles. The first-order chi connectivity index (χ1) is 6.84. The molecule has 1 saturated heterocycles. The van der Waals surface area contributed by atoms with Gasteiger partial charge in [-0.1, -0.05) is 15.9 Å². The third kappa shape index (κ3) is 2.72. The minimum Gasteiger partial charge on any atom is -0.492 e. The van der Waals surface area contributed by atoms with Crippen molar-refractivity contribution in [3.05, 3.63) is 28.7 Å². The third-order valence-corrected chi connectivity index (χ3v) is 2.96. The number of benzene rings is 1. The molecule has 0 spiro atoms. The molecule has 0 bridgehead atoms. The molecule has 0 amide bonds. The van der Waals surface area contributed by atoms with Crippen LogP contribution in [-0.2, 0) is 0 Å². The van der Waals surface area contributed by atoms with E-state index in [-0.39, 0.29) is 0 Å². The Morgan fingerprint density at radius 1 is 1.36 bits per heavy atom. The molecule has 3 heteroatoms. The maximum absolute atomic E-state index is 5.66. The Kier molecular flexibility index (Phi) is 3.43. The van der Waals surface area contributed by atoms with Crippen molar-refractivity contribution >= 4 is 15.9 Å². The van der Waals surface area contributed by atoms with Crippen LogP contribution in [0.3, 0.4) is 0 Å². The van der Waals surface area contributed by atoms with Crippen LogP contribution < -0.4 is 10.1 Å². The zero-order chi connectivity index (χ0) is 9.80. The Hall–Kier alpha value is -0.540. The van der Waals surface area contributed by atoms with Crippen LogP contribution in [0, 0.1) is 0 Å². The summed E-state index contributed by atoms with van der Waals surface area (Å²) in [6.07, 6.45) is 2.50. The first-order valence-electron chi connectivity index (χ1n) is 4.96. The van der Waals surface area contributed by atoms with Crippen molar-refractivity contribution in [1.29, 1.82) is 0 Å². The number of hydrogen-bond donors (Lipinski definition) is 1. The second-order valence-corrected chi connectivity index (χ2v) is 4.47. The zero-order valence-electron chi connectivity index (χ0n) is 8.00. The van der Waals surface area contributed by atoms with E-state index in [1.165, 1.54) is 12.8 Å². The van der Waals surface area contributed by atoms with E-state index >= 15 is 0 Å². The van der Waals surface area contributed by atoms with Crippen LogP contribution in [0.2, 0.25) is 0 Å². The summed E-state index contributed by atoms with van der Waals surface area (Å²) in [7, 11) is 0. The van der Waals surface area contributed by atoms with Gasteiger partial charge >= 0.3 is 0 Å². The smallest absolute Gasteiger partial charge is 0.119 e. The lowest BCUT2D eigenvalue weighted by molar-refractivity contribution is 0.277. The maximum Gasteiger partial charge on any atom is 0.119 e. The lowest BCUT2D eigenvalue weighted by Gasteiger charge is -2.11. The third-order valence-electron chi connectivity index (χ3n) is 2.43. The van der Waals surface area contributed by atoms with Crippen LogP contribution in [0.1, 0.15) is 12.8 Å². The Morgan fingerprint density at radius 2 is 2.14 bits per heavy atom. The van der Waals surface area contributed by atoms with Crippen LogP contribution in [0.15, 0.2) is 28.7 Å². The highest BCUT2D eigenvalue weighted by atomic mass is 79.9. The van der Waals surface area contributed by atoms with Gasteiger partial charge in [-0.25, -0.2) is 0 Å². The van der Waals surface area contributed by atoms with E-state index in [2.05, 4.69) is 21.2 Å². The first-order valence-corrected chi connectivity index (χ1v) is 5.75. The predicted octanol–water partition coefficient (Wildman–Crippen LogP) is 2.58. The summed E-state index contributed by atoms with van der Waals surface area (Å²) in [4.78, 5) is 0. The van der Waals surface area contributed by atoms with Crippen LogP contribution in [0.25, 0.3) is 0 Å². The molecule has 1 aromatic rings. The number of halogens is 1. The Morgan fingerprint density at radius 3 is 2.79 bits per heavy atom. The van der Waals surface area contributed by atoms with Crippen molar-refractivity contribution in [1.82, 2.24) is 5.32 Å².